The number of aromatic amines is 1. The van der Waals surface area contributed by atoms with Crippen LogP contribution in [0.25, 0.3) is 5.78 Å². The van der Waals surface area contributed by atoms with Gasteiger partial charge in [-0.25, -0.2) is 4.98 Å². The monoisotopic (exact) mass is 208 g/mol. The van der Waals surface area contributed by atoms with Gasteiger partial charge in [0.1, 0.15) is 6.04 Å². The summed E-state index contributed by atoms with van der Waals surface area (Å²) in [5.74, 6) is -0.293. The Morgan fingerprint density at radius 2 is 2.53 bits per heavy atom. The van der Waals surface area contributed by atoms with Crippen molar-refractivity contribution in [3.63, 3.8) is 0 Å². The molecule has 0 bridgehead atoms. The number of nitrogens with zero attached hydrogens (tertiary/aromatic N) is 2. The van der Waals surface area contributed by atoms with Crippen LogP contribution < -0.4 is 5.73 Å². The molecule has 0 aliphatic heterocycles. The standard InChI is InChI=1S/C9H12N4O2/c1-5-3-11-9-12-6(4-13(5)9)2-7(10)8(14)15/h3-4,7H,2,10H2,1H3,(H,11,12)(H,14,15). The van der Waals surface area contributed by atoms with Gasteiger partial charge in [-0.2, -0.15) is 0 Å². The zero-order chi connectivity index (χ0) is 11.0. The number of aromatic nitrogens is 3. The number of hydrogen-bond acceptors (Lipinski definition) is 3. The Balaban J connectivity index is 2.26. The summed E-state index contributed by atoms with van der Waals surface area (Å²) in [5.41, 5.74) is 7.20. The molecule has 0 amide bonds. The second-order valence-electron chi connectivity index (χ2n) is 3.52. The number of carboxylic acid groups (broad SMARTS) is 1. The number of fused-ring (bicyclic) bond motifs is 1. The molecule has 15 heavy (non-hydrogen) atoms. The smallest absolute Gasteiger partial charge is 0.320 e. The van der Waals surface area contributed by atoms with E-state index in [-0.39, 0.29) is 6.42 Å². The lowest BCUT2D eigenvalue weighted by Crippen LogP contribution is -2.32. The van der Waals surface area contributed by atoms with Gasteiger partial charge in [0.05, 0.1) is 6.20 Å². The molecule has 2 heterocycles. The van der Waals surface area contributed by atoms with E-state index in [1.165, 1.54) is 0 Å². The largest absolute Gasteiger partial charge is 0.480 e. The van der Waals surface area contributed by atoms with Gasteiger partial charge in [-0.15, -0.1) is 0 Å². The predicted molar refractivity (Wildman–Crippen MR) is 53.6 cm³/mol. The molecule has 1 unspecified atom stereocenters. The first-order valence-corrected chi connectivity index (χ1v) is 4.58. The molecule has 6 nitrogen and oxygen atoms in total. The van der Waals surface area contributed by atoms with Gasteiger partial charge in [-0.05, 0) is 6.92 Å². The van der Waals surface area contributed by atoms with Crippen molar-refractivity contribution in [3.8, 4) is 0 Å². The molecule has 0 fully saturated rings. The van der Waals surface area contributed by atoms with Crippen molar-refractivity contribution < 1.29 is 9.90 Å². The van der Waals surface area contributed by atoms with Crippen molar-refractivity contribution in [2.45, 2.75) is 19.4 Å². The van der Waals surface area contributed by atoms with Crippen LogP contribution in [0.2, 0.25) is 0 Å². The molecule has 0 saturated heterocycles. The quantitative estimate of drug-likeness (QED) is 0.657. The summed E-state index contributed by atoms with van der Waals surface area (Å²) in [6, 6.07) is -0.881. The van der Waals surface area contributed by atoms with Crippen molar-refractivity contribution in [1.82, 2.24) is 14.4 Å². The van der Waals surface area contributed by atoms with Crippen molar-refractivity contribution in [1.29, 1.82) is 0 Å². The van der Waals surface area contributed by atoms with Crippen LogP contribution in [0.3, 0.4) is 0 Å². The first-order valence-electron chi connectivity index (χ1n) is 4.58. The number of nitrogens with two attached hydrogens (primary N) is 1. The van der Waals surface area contributed by atoms with E-state index in [0.29, 0.717) is 5.78 Å². The molecule has 0 aliphatic carbocycles. The van der Waals surface area contributed by atoms with Crippen LogP contribution in [0.4, 0.5) is 0 Å². The first kappa shape index (κ1) is 9.72. The van der Waals surface area contributed by atoms with Gasteiger partial charge in [0.25, 0.3) is 0 Å². The van der Waals surface area contributed by atoms with Gasteiger partial charge < -0.3 is 15.8 Å². The van der Waals surface area contributed by atoms with Gasteiger partial charge in [-0.1, -0.05) is 0 Å². The Morgan fingerprint density at radius 1 is 1.80 bits per heavy atom. The molecule has 0 aliphatic rings. The van der Waals surface area contributed by atoms with E-state index in [1.54, 1.807) is 6.20 Å². The highest BCUT2D eigenvalue weighted by Crippen LogP contribution is 2.08. The number of aliphatic carboxylic acids is 1. The highest BCUT2D eigenvalue weighted by molar-refractivity contribution is 5.73. The summed E-state index contributed by atoms with van der Waals surface area (Å²) in [6.45, 7) is 1.93. The van der Waals surface area contributed by atoms with E-state index in [1.807, 2.05) is 17.5 Å². The molecule has 2 rings (SSSR count). The molecule has 2 aromatic rings. The predicted octanol–water partition coefficient (Wildman–Crippen LogP) is -0.0748. The summed E-state index contributed by atoms with van der Waals surface area (Å²) in [4.78, 5) is 17.7. The minimum Gasteiger partial charge on any atom is -0.480 e. The Labute approximate surface area is 85.7 Å². The zero-order valence-corrected chi connectivity index (χ0v) is 8.27. The lowest BCUT2D eigenvalue weighted by atomic mass is 10.2. The molecule has 1 atom stereocenters. The minimum absolute atomic E-state index is 0.276. The summed E-state index contributed by atoms with van der Waals surface area (Å²) < 4.78 is 1.86. The van der Waals surface area contributed by atoms with Crippen LogP contribution in [-0.4, -0.2) is 31.5 Å². The molecule has 0 aromatic carbocycles. The molecule has 0 saturated carbocycles. The fourth-order valence-corrected chi connectivity index (χ4v) is 1.46. The van der Waals surface area contributed by atoms with E-state index in [9.17, 15) is 4.79 Å². The van der Waals surface area contributed by atoms with Crippen molar-refractivity contribution in [3.05, 3.63) is 23.8 Å². The third-order valence-corrected chi connectivity index (χ3v) is 2.30. The van der Waals surface area contributed by atoms with Crippen LogP contribution in [0.15, 0.2) is 12.4 Å². The molecule has 6 heteroatoms. The van der Waals surface area contributed by atoms with Gasteiger partial charge in [0, 0.05) is 24.0 Å². The fraction of sp³-hybridized carbons (Fsp3) is 0.333. The number of nitrogens with one attached hydrogen (secondary N) is 1. The number of H-pyrrole nitrogens is 1. The highest BCUT2D eigenvalue weighted by atomic mass is 16.4. The summed E-state index contributed by atoms with van der Waals surface area (Å²) in [5, 5.41) is 8.66. The first-order chi connectivity index (χ1) is 7.08. The molecule has 0 radical (unpaired) electrons. The van der Waals surface area contributed by atoms with Crippen molar-refractivity contribution >= 4 is 11.7 Å². The molecule has 80 valence electrons. The molecular formula is C9H12N4O2. The number of aryl methyl sites for hydroxylation is 1. The summed E-state index contributed by atoms with van der Waals surface area (Å²) >= 11 is 0. The third-order valence-electron chi connectivity index (χ3n) is 2.30. The van der Waals surface area contributed by atoms with Gasteiger partial charge in [-0.3, -0.25) is 9.20 Å². The van der Waals surface area contributed by atoms with E-state index >= 15 is 0 Å². The van der Waals surface area contributed by atoms with Crippen LogP contribution in [0, 0.1) is 6.92 Å². The second kappa shape index (κ2) is 3.39. The molecule has 2 aromatic heterocycles. The number of imidazole rings is 2. The van der Waals surface area contributed by atoms with Crippen LogP contribution in [-0.2, 0) is 11.2 Å². The van der Waals surface area contributed by atoms with Crippen molar-refractivity contribution in [2.75, 3.05) is 0 Å². The average molecular weight is 208 g/mol. The molecular weight excluding hydrogens is 196 g/mol. The number of rotatable bonds is 3. The maximum Gasteiger partial charge on any atom is 0.320 e. The summed E-state index contributed by atoms with van der Waals surface area (Å²) in [6.07, 6.45) is 3.84. The lowest BCUT2D eigenvalue weighted by Gasteiger charge is -2.02. The summed E-state index contributed by atoms with van der Waals surface area (Å²) in [7, 11) is 0. The zero-order valence-electron chi connectivity index (χ0n) is 8.27. The highest BCUT2D eigenvalue weighted by Gasteiger charge is 2.14. The third kappa shape index (κ3) is 1.71. The average Bonchev–Trinajstić information content (AvgIpc) is 2.69. The Morgan fingerprint density at radius 3 is 3.13 bits per heavy atom. The fourth-order valence-electron chi connectivity index (χ4n) is 1.46. The topological polar surface area (TPSA) is 96.4 Å². The van der Waals surface area contributed by atoms with Crippen LogP contribution >= 0.6 is 0 Å². The minimum atomic E-state index is -1.00. The van der Waals surface area contributed by atoms with E-state index < -0.39 is 12.0 Å². The Bertz CT molecular complexity index is 499. The maximum absolute atomic E-state index is 10.6. The number of hydrogen-bond donors (Lipinski definition) is 3. The van der Waals surface area contributed by atoms with E-state index in [0.717, 1.165) is 11.4 Å². The van der Waals surface area contributed by atoms with Crippen LogP contribution in [0.5, 0.6) is 0 Å². The van der Waals surface area contributed by atoms with Crippen LogP contribution in [0.1, 0.15) is 11.4 Å². The molecule has 4 N–H and O–H groups in total. The molecule has 0 spiro atoms. The lowest BCUT2D eigenvalue weighted by molar-refractivity contribution is -0.138. The number of carboxylic acids is 1. The van der Waals surface area contributed by atoms with Gasteiger partial charge in [0.15, 0.2) is 0 Å². The van der Waals surface area contributed by atoms with Gasteiger partial charge >= 0.3 is 5.97 Å². The van der Waals surface area contributed by atoms with Crippen molar-refractivity contribution in [2.24, 2.45) is 5.73 Å². The Hall–Kier alpha value is -1.82. The normalized spacial score (nSPS) is 13.2. The Kier molecular flexibility index (Phi) is 2.20. The van der Waals surface area contributed by atoms with E-state index in [4.69, 9.17) is 10.8 Å². The van der Waals surface area contributed by atoms with E-state index in [2.05, 4.69) is 9.97 Å². The SMILES string of the molecule is Cc1cnc2[nH]c(CC(N)C(=O)O)cn12. The number of carbonyl (C=O) groups is 1. The van der Waals surface area contributed by atoms with Gasteiger partial charge in [0.2, 0.25) is 5.78 Å². The second-order valence-corrected chi connectivity index (χ2v) is 3.52. The maximum atomic E-state index is 10.6.